The first-order valence-electron chi connectivity index (χ1n) is 8.31. The van der Waals surface area contributed by atoms with Crippen LogP contribution in [0.1, 0.15) is 51.7 Å². The number of rotatable bonds is 6. The van der Waals surface area contributed by atoms with Crippen LogP contribution in [0.15, 0.2) is 27.8 Å². The molecule has 1 aromatic rings. The van der Waals surface area contributed by atoms with Gasteiger partial charge in [0.15, 0.2) is 5.96 Å². The van der Waals surface area contributed by atoms with Gasteiger partial charge in [0, 0.05) is 25.6 Å². The Labute approximate surface area is 128 Å². The van der Waals surface area contributed by atoms with Crippen molar-refractivity contribution in [1.29, 1.82) is 0 Å². The number of guanidine groups is 1. The Morgan fingerprint density at radius 2 is 2.14 bits per heavy atom. The molecule has 118 valence electrons. The Morgan fingerprint density at radius 1 is 1.33 bits per heavy atom. The van der Waals surface area contributed by atoms with Gasteiger partial charge >= 0.3 is 0 Å². The summed E-state index contributed by atoms with van der Waals surface area (Å²) < 4.78 is 5.36. The summed E-state index contributed by atoms with van der Waals surface area (Å²) in [4.78, 5) is 4.70. The van der Waals surface area contributed by atoms with E-state index in [1.165, 1.54) is 32.1 Å². The molecule has 0 amide bonds. The van der Waals surface area contributed by atoms with Crippen molar-refractivity contribution in [2.45, 2.75) is 58.4 Å². The topological polar surface area (TPSA) is 49.6 Å². The summed E-state index contributed by atoms with van der Waals surface area (Å²) in [5.41, 5.74) is 0. The molecule has 21 heavy (non-hydrogen) atoms. The largest absolute Gasteiger partial charge is 0.469 e. The first-order chi connectivity index (χ1) is 10.2. The summed E-state index contributed by atoms with van der Waals surface area (Å²) in [6, 6.07) is 4.53. The number of nitrogens with one attached hydrogen (secondary N) is 2. The van der Waals surface area contributed by atoms with Gasteiger partial charge in [-0.1, -0.05) is 33.1 Å². The Hall–Kier alpha value is -1.45. The van der Waals surface area contributed by atoms with Gasteiger partial charge in [-0.25, -0.2) is 0 Å². The standard InChI is InChI=1S/C17H29N3O/c1-14(2)13-19-17(20-15-7-4-3-5-8-15)18-11-10-16-9-6-12-21-16/h6,9,12,14-15H,3-5,7-8,10-11,13H2,1-2H3,(H2,18,19,20). The van der Waals surface area contributed by atoms with E-state index >= 15 is 0 Å². The fourth-order valence-electron chi connectivity index (χ4n) is 2.63. The highest BCUT2D eigenvalue weighted by atomic mass is 16.3. The normalized spacial score (nSPS) is 17.2. The average Bonchev–Trinajstić information content (AvgIpc) is 2.99. The van der Waals surface area contributed by atoms with E-state index < -0.39 is 0 Å². The van der Waals surface area contributed by atoms with Crippen LogP contribution in [0.3, 0.4) is 0 Å². The predicted molar refractivity (Wildman–Crippen MR) is 87.6 cm³/mol. The highest BCUT2D eigenvalue weighted by Crippen LogP contribution is 2.17. The van der Waals surface area contributed by atoms with Crippen molar-refractivity contribution in [2.24, 2.45) is 10.9 Å². The van der Waals surface area contributed by atoms with E-state index in [0.29, 0.717) is 12.0 Å². The second-order valence-electron chi connectivity index (χ2n) is 6.32. The quantitative estimate of drug-likeness (QED) is 0.624. The summed E-state index contributed by atoms with van der Waals surface area (Å²) >= 11 is 0. The van der Waals surface area contributed by atoms with E-state index in [0.717, 1.165) is 31.2 Å². The number of hydrogen-bond donors (Lipinski definition) is 2. The highest BCUT2D eigenvalue weighted by Gasteiger charge is 2.14. The second-order valence-corrected chi connectivity index (χ2v) is 6.32. The lowest BCUT2D eigenvalue weighted by atomic mass is 9.96. The molecule has 0 radical (unpaired) electrons. The van der Waals surface area contributed by atoms with Gasteiger partial charge < -0.3 is 15.1 Å². The molecule has 1 heterocycles. The van der Waals surface area contributed by atoms with Crippen molar-refractivity contribution in [2.75, 3.05) is 13.1 Å². The molecule has 1 aromatic heterocycles. The summed E-state index contributed by atoms with van der Waals surface area (Å²) in [6.45, 7) is 6.11. The van der Waals surface area contributed by atoms with Crippen molar-refractivity contribution in [3.63, 3.8) is 0 Å². The minimum absolute atomic E-state index is 0.583. The van der Waals surface area contributed by atoms with Crippen molar-refractivity contribution in [1.82, 2.24) is 10.6 Å². The molecule has 2 rings (SSSR count). The van der Waals surface area contributed by atoms with Crippen molar-refractivity contribution in [3.8, 4) is 0 Å². The maximum Gasteiger partial charge on any atom is 0.191 e. The van der Waals surface area contributed by atoms with Crippen molar-refractivity contribution in [3.05, 3.63) is 24.2 Å². The third-order valence-corrected chi connectivity index (χ3v) is 3.80. The van der Waals surface area contributed by atoms with Crippen LogP contribution >= 0.6 is 0 Å². The van der Waals surface area contributed by atoms with Gasteiger partial charge in [0.25, 0.3) is 0 Å². The summed E-state index contributed by atoms with van der Waals surface area (Å²) in [7, 11) is 0. The molecule has 1 saturated carbocycles. The lowest BCUT2D eigenvalue weighted by molar-refractivity contribution is 0.409. The zero-order chi connectivity index (χ0) is 14.9. The smallest absolute Gasteiger partial charge is 0.191 e. The number of furan rings is 1. The molecule has 1 aliphatic rings. The lowest BCUT2D eigenvalue weighted by Gasteiger charge is -2.25. The fraction of sp³-hybridized carbons (Fsp3) is 0.706. The molecule has 0 unspecified atom stereocenters. The first kappa shape index (κ1) is 15.9. The predicted octanol–water partition coefficient (Wildman–Crippen LogP) is 3.35. The van der Waals surface area contributed by atoms with Crippen LogP contribution in [0.5, 0.6) is 0 Å². The minimum Gasteiger partial charge on any atom is -0.469 e. The van der Waals surface area contributed by atoms with Crippen LogP contribution in [0.2, 0.25) is 0 Å². The van der Waals surface area contributed by atoms with Gasteiger partial charge in [0.1, 0.15) is 5.76 Å². The Balaban J connectivity index is 1.80. The molecule has 0 saturated heterocycles. The highest BCUT2D eigenvalue weighted by molar-refractivity contribution is 5.80. The molecular weight excluding hydrogens is 262 g/mol. The van der Waals surface area contributed by atoms with Gasteiger partial charge in [-0.15, -0.1) is 0 Å². The zero-order valence-electron chi connectivity index (χ0n) is 13.4. The summed E-state index contributed by atoms with van der Waals surface area (Å²) in [6.07, 6.45) is 9.19. The molecule has 1 aliphatic carbocycles. The summed E-state index contributed by atoms with van der Waals surface area (Å²) in [5.74, 6) is 2.56. The molecule has 2 N–H and O–H groups in total. The number of hydrogen-bond acceptors (Lipinski definition) is 2. The second kappa shape index (κ2) is 8.75. The van der Waals surface area contributed by atoms with Gasteiger partial charge in [-0.3, -0.25) is 4.99 Å². The van der Waals surface area contributed by atoms with Gasteiger partial charge in [0.2, 0.25) is 0 Å². The van der Waals surface area contributed by atoms with Crippen molar-refractivity contribution >= 4 is 5.96 Å². The fourth-order valence-corrected chi connectivity index (χ4v) is 2.63. The Morgan fingerprint density at radius 3 is 2.81 bits per heavy atom. The van der Waals surface area contributed by atoms with E-state index in [1.807, 2.05) is 12.1 Å². The SMILES string of the molecule is CC(C)CN=C(NCCc1ccco1)NC1CCCCC1. The van der Waals surface area contributed by atoms with Gasteiger partial charge in [0.05, 0.1) is 6.26 Å². The Bertz CT molecular complexity index is 406. The van der Waals surface area contributed by atoms with E-state index in [4.69, 9.17) is 9.41 Å². The number of aliphatic imine (C=N–C) groups is 1. The number of nitrogens with zero attached hydrogens (tertiary/aromatic N) is 1. The van der Waals surface area contributed by atoms with Crippen LogP contribution in [0, 0.1) is 5.92 Å². The molecule has 4 heteroatoms. The molecule has 0 spiro atoms. The summed E-state index contributed by atoms with van der Waals surface area (Å²) in [5, 5.41) is 7.04. The van der Waals surface area contributed by atoms with Crippen LogP contribution in [-0.2, 0) is 6.42 Å². The van der Waals surface area contributed by atoms with Crippen LogP contribution in [-0.4, -0.2) is 25.1 Å². The molecule has 0 aromatic carbocycles. The zero-order valence-corrected chi connectivity index (χ0v) is 13.4. The van der Waals surface area contributed by atoms with E-state index in [1.54, 1.807) is 6.26 Å². The minimum atomic E-state index is 0.583. The third kappa shape index (κ3) is 6.23. The average molecular weight is 291 g/mol. The van der Waals surface area contributed by atoms with E-state index in [2.05, 4.69) is 24.5 Å². The molecule has 0 bridgehead atoms. The van der Waals surface area contributed by atoms with Gasteiger partial charge in [-0.05, 0) is 30.9 Å². The third-order valence-electron chi connectivity index (χ3n) is 3.80. The maximum atomic E-state index is 5.36. The van der Waals surface area contributed by atoms with E-state index in [9.17, 15) is 0 Å². The maximum absolute atomic E-state index is 5.36. The van der Waals surface area contributed by atoms with Gasteiger partial charge in [-0.2, -0.15) is 0 Å². The Kier molecular flexibility index (Phi) is 6.64. The van der Waals surface area contributed by atoms with Crippen LogP contribution in [0.4, 0.5) is 0 Å². The van der Waals surface area contributed by atoms with E-state index in [-0.39, 0.29) is 0 Å². The lowest BCUT2D eigenvalue weighted by Crippen LogP contribution is -2.45. The molecule has 0 aliphatic heterocycles. The molecule has 4 nitrogen and oxygen atoms in total. The van der Waals surface area contributed by atoms with Crippen molar-refractivity contribution < 1.29 is 4.42 Å². The monoisotopic (exact) mass is 291 g/mol. The molecule has 0 atom stereocenters. The van der Waals surface area contributed by atoms with Crippen LogP contribution < -0.4 is 10.6 Å². The van der Waals surface area contributed by atoms with Crippen LogP contribution in [0.25, 0.3) is 0 Å². The molecular formula is C17H29N3O. The first-order valence-corrected chi connectivity index (χ1v) is 8.31. The molecule has 1 fully saturated rings.